The van der Waals surface area contributed by atoms with Crippen LogP contribution in [0.15, 0.2) is 0 Å². The summed E-state index contributed by atoms with van der Waals surface area (Å²) in [5.41, 5.74) is 0. The summed E-state index contributed by atoms with van der Waals surface area (Å²) in [6, 6.07) is 0.686. The van der Waals surface area contributed by atoms with Gasteiger partial charge in [0.1, 0.15) is 0 Å². The van der Waals surface area contributed by atoms with Gasteiger partial charge in [0.15, 0.2) is 0 Å². The molecule has 1 N–H and O–H groups in total. The van der Waals surface area contributed by atoms with Crippen LogP contribution in [0.3, 0.4) is 0 Å². The van der Waals surface area contributed by atoms with Gasteiger partial charge in [-0.1, -0.05) is 52.9 Å². The maximum absolute atomic E-state index is 3.66. The molecule has 0 saturated heterocycles. The van der Waals surface area contributed by atoms with Crippen molar-refractivity contribution in [2.75, 3.05) is 26.2 Å². The van der Waals surface area contributed by atoms with Crippen LogP contribution in [0.1, 0.15) is 72.6 Å². The van der Waals surface area contributed by atoms with Gasteiger partial charge in [-0.15, -0.1) is 0 Å². The van der Waals surface area contributed by atoms with Crippen molar-refractivity contribution in [2.24, 2.45) is 0 Å². The van der Waals surface area contributed by atoms with Crippen LogP contribution in [0.2, 0.25) is 0 Å². The second kappa shape index (κ2) is 13.4. The summed E-state index contributed by atoms with van der Waals surface area (Å²) in [5.74, 6) is 0. The van der Waals surface area contributed by atoms with E-state index in [-0.39, 0.29) is 0 Å². The maximum atomic E-state index is 3.66. The smallest absolute Gasteiger partial charge is 0.0107 e. The Labute approximate surface area is 116 Å². The summed E-state index contributed by atoms with van der Waals surface area (Å²) in [7, 11) is 0. The van der Waals surface area contributed by atoms with E-state index in [1.54, 1.807) is 0 Å². The largest absolute Gasteiger partial charge is 0.313 e. The molecule has 0 aliphatic carbocycles. The van der Waals surface area contributed by atoms with E-state index in [1.807, 2.05) is 0 Å². The van der Waals surface area contributed by atoms with Crippen LogP contribution in [0.5, 0.6) is 0 Å². The van der Waals surface area contributed by atoms with Crippen LogP contribution in [-0.2, 0) is 0 Å². The standard InChI is InChI=1S/C16H36N2/c1-5-8-10-12-16(4)17-13-15-18(7-3)14-11-9-6-2/h16-17H,5-15H2,1-4H3/t16-/m1/s1. The van der Waals surface area contributed by atoms with E-state index >= 15 is 0 Å². The van der Waals surface area contributed by atoms with Gasteiger partial charge in [0, 0.05) is 19.1 Å². The van der Waals surface area contributed by atoms with Crippen LogP contribution in [0.25, 0.3) is 0 Å². The van der Waals surface area contributed by atoms with Crippen molar-refractivity contribution in [3.63, 3.8) is 0 Å². The summed E-state index contributed by atoms with van der Waals surface area (Å²) in [4.78, 5) is 2.57. The molecular weight excluding hydrogens is 220 g/mol. The van der Waals surface area contributed by atoms with Crippen LogP contribution in [0.4, 0.5) is 0 Å². The number of likely N-dealkylation sites (N-methyl/N-ethyl adjacent to an activating group) is 1. The fourth-order valence-electron chi connectivity index (χ4n) is 2.29. The molecule has 0 radical (unpaired) electrons. The molecule has 0 amide bonds. The molecule has 0 heterocycles. The Hall–Kier alpha value is -0.0800. The Morgan fingerprint density at radius 3 is 2.17 bits per heavy atom. The third kappa shape index (κ3) is 11.0. The highest BCUT2D eigenvalue weighted by Gasteiger charge is 2.04. The predicted octanol–water partition coefficient (Wildman–Crippen LogP) is 4.06. The van der Waals surface area contributed by atoms with E-state index in [1.165, 1.54) is 64.6 Å². The van der Waals surface area contributed by atoms with Gasteiger partial charge in [0.2, 0.25) is 0 Å². The molecule has 0 fully saturated rings. The van der Waals surface area contributed by atoms with Crippen molar-refractivity contribution in [2.45, 2.75) is 78.7 Å². The zero-order valence-electron chi connectivity index (χ0n) is 13.3. The fraction of sp³-hybridized carbons (Fsp3) is 1.00. The molecule has 0 rings (SSSR count). The molecular formula is C16H36N2. The van der Waals surface area contributed by atoms with Crippen molar-refractivity contribution >= 4 is 0 Å². The lowest BCUT2D eigenvalue weighted by molar-refractivity contribution is 0.275. The van der Waals surface area contributed by atoms with Crippen LogP contribution in [-0.4, -0.2) is 37.1 Å². The fourth-order valence-corrected chi connectivity index (χ4v) is 2.29. The lowest BCUT2D eigenvalue weighted by Crippen LogP contribution is -2.36. The molecule has 0 saturated carbocycles. The van der Waals surface area contributed by atoms with Crippen LogP contribution in [0, 0.1) is 0 Å². The molecule has 110 valence electrons. The lowest BCUT2D eigenvalue weighted by atomic mass is 10.1. The summed E-state index contributed by atoms with van der Waals surface area (Å²) in [6.07, 6.45) is 9.46. The third-order valence-electron chi connectivity index (χ3n) is 3.69. The maximum Gasteiger partial charge on any atom is 0.0107 e. The van der Waals surface area contributed by atoms with Crippen molar-refractivity contribution < 1.29 is 0 Å². The number of rotatable bonds is 13. The third-order valence-corrected chi connectivity index (χ3v) is 3.69. The highest BCUT2D eigenvalue weighted by molar-refractivity contribution is 4.64. The van der Waals surface area contributed by atoms with E-state index in [9.17, 15) is 0 Å². The first-order valence-corrected chi connectivity index (χ1v) is 8.20. The van der Waals surface area contributed by atoms with Gasteiger partial charge in [-0.3, -0.25) is 0 Å². The molecule has 0 aromatic carbocycles. The van der Waals surface area contributed by atoms with Crippen molar-refractivity contribution in [1.29, 1.82) is 0 Å². The Balaban J connectivity index is 3.47. The zero-order valence-corrected chi connectivity index (χ0v) is 13.3. The first-order chi connectivity index (χ1) is 8.74. The molecule has 2 nitrogen and oxygen atoms in total. The van der Waals surface area contributed by atoms with E-state index in [0.717, 1.165) is 6.54 Å². The van der Waals surface area contributed by atoms with Crippen molar-refractivity contribution in [3.05, 3.63) is 0 Å². The van der Waals surface area contributed by atoms with Gasteiger partial charge in [0.25, 0.3) is 0 Å². The molecule has 0 unspecified atom stereocenters. The summed E-state index contributed by atoms with van der Waals surface area (Å²) in [5, 5.41) is 3.66. The van der Waals surface area contributed by atoms with E-state index < -0.39 is 0 Å². The number of hydrogen-bond donors (Lipinski definition) is 1. The number of hydrogen-bond acceptors (Lipinski definition) is 2. The predicted molar refractivity (Wildman–Crippen MR) is 83.2 cm³/mol. The second-order valence-corrected chi connectivity index (χ2v) is 5.49. The monoisotopic (exact) mass is 256 g/mol. The first-order valence-electron chi connectivity index (χ1n) is 8.20. The molecule has 0 aliphatic rings. The van der Waals surface area contributed by atoms with E-state index in [0.29, 0.717) is 6.04 Å². The van der Waals surface area contributed by atoms with Gasteiger partial charge in [-0.2, -0.15) is 0 Å². The van der Waals surface area contributed by atoms with Gasteiger partial charge >= 0.3 is 0 Å². The Bertz CT molecular complexity index is 159. The molecule has 0 bridgehead atoms. The SMILES string of the molecule is CCCCC[C@@H](C)NCCN(CC)CCCCC. The van der Waals surface area contributed by atoms with Gasteiger partial charge in [-0.25, -0.2) is 0 Å². The summed E-state index contributed by atoms with van der Waals surface area (Å²) >= 11 is 0. The topological polar surface area (TPSA) is 15.3 Å². The van der Waals surface area contributed by atoms with Crippen molar-refractivity contribution in [1.82, 2.24) is 10.2 Å². The lowest BCUT2D eigenvalue weighted by Gasteiger charge is -2.22. The second-order valence-electron chi connectivity index (χ2n) is 5.49. The highest BCUT2D eigenvalue weighted by atomic mass is 15.1. The number of unbranched alkanes of at least 4 members (excludes halogenated alkanes) is 4. The van der Waals surface area contributed by atoms with Gasteiger partial charge in [-0.05, 0) is 32.9 Å². The highest BCUT2D eigenvalue weighted by Crippen LogP contribution is 2.02. The number of nitrogens with one attached hydrogen (secondary N) is 1. The van der Waals surface area contributed by atoms with Crippen molar-refractivity contribution in [3.8, 4) is 0 Å². The Kier molecular flexibility index (Phi) is 13.3. The number of nitrogens with zero attached hydrogens (tertiary/aromatic N) is 1. The average Bonchev–Trinajstić information content (AvgIpc) is 2.37. The molecule has 0 spiro atoms. The zero-order chi connectivity index (χ0) is 13.6. The Morgan fingerprint density at radius 1 is 0.889 bits per heavy atom. The molecule has 0 aliphatic heterocycles. The first kappa shape index (κ1) is 17.9. The van der Waals surface area contributed by atoms with Crippen LogP contribution >= 0.6 is 0 Å². The minimum Gasteiger partial charge on any atom is -0.313 e. The molecule has 18 heavy (non-hydrogen) atoms. The normalized spacial score (nSPS) is 13.2. The van der Waals surface area contributed by atoms with E-state index in [4.69, 9.17) is 0 Å². The van der Waals surface area contributed by atoms with Gasteiger partial charge < -0.3 is 10.2 Å². The molecule has 1 atom stereocenters. The molecule has 0 aromatic heterocycles. The molecule has 2 heteroatoms. The molecule has 0 aromatic rings. The average molecular weight is 256 g/mol. The minimum atomic E-state index is 0.686. The minimum absolute atomic E-state index is 0.686. The summed E-state index contributed by atoms with van der Waals surface area (Å²) < 4.78 is 0. The summed E-state index contributed by atoms with van der Waals surface area (Å²) in [6.45, 7) is 14.0. The quantitative estimate of drug-likeness (QED) is 0.500. The van der Waals surface area contributed by atoms with E-state index in [2.05, 4.69) is 37.9 Å². The van der Waals surface area contributed by atoms with Crippen LogP contribution < -0.4 is 5.32 Å². The Morgan fingerprint density at radius 2 is 1.56 bits per heavy atom. The van der Waals surface area contributed by atoms with Gasteiger partial charge in [0.05, 0.1) is 0 Å².